The second kappa shape index (κ2) is 14.6. The quantitative estimate of drug-likeness (QED) is 0.410. The Bertz CT molecular complexity index is 1640. The van der Waals surface area contributed by atoms with Crippen LogP contribution in [0.3, 0.4) is 0 Å². The fraction of sp³-hybridized carbons (Fsp3) is 0.694. The van der Waals surface area contributed by atoms with Crippen molar-refractivity contribution in [3.8, 4) is 0 Å². The third-order valence-electron chi connectivity index (χ3n) is 10.6. The minimum atomic E-state index is -3.87. The topological polar surface area (TPSA) is 181 Å². The van der Waals surface area contributed by atoms with Gasteiger partial charge < -0.3 is 29.9 Å². The molecule has 5 atom stereocenters. The summed E-state index contributed by atoms with van der Waals surface area (Å²) in [6.45, 7) is 5.90. The van der Waals surface area contributed by atoms with Crippen molar-refractivity contribution in [2.24, 2.45) is 5.92 Å². The lowest BCUT2D eigenvalue weighted by molar-refractivity contribution is -0.141. The normalized spacial score (nSPS) is 28.8. The van der Waals surface area contributed by atoms with E-state index in [0.717, 1.165) is 31.2 Å². The van der Waals surface area contributed by atoms with Gasteiger partial charge in [0.1, 0.15) is 29.3 Å². The first-order valence-corrected chi connectivity index (χ1v) is 19.9. The zero-order valence-corrected chi connectivity index (χ0v) is 30.6. The predicted octanol–water partition coefficient (Wildman–Crippen LogP) is 3.27. The van der Waals surface area contributed by atoms with Gasteiger partial charge in [-0.25, -0.2) is 18.0 Å². The number of hydrogen-bond acceptors (Lipinski definition) is 9. The van der Waals surface area contributed by atoms with Crippen LogP contribution in [0.2, 0.25) is 0 Å². The molecule has 0 spiro atoms. The van der Waals surface area contributed by atoms with Crippen LogP contribution in [0.15, 0.2) is 24.3 Å². The van der Waals surface area contributed by atoms with Crippen LogP contribution in [0.4, 0.5) is 9.59 Å². The van der Waals surface area contributed by atoms with Crippen molar-refractivity contribution >= 4 is 39.9 Å². The Morgan fingerprint density at radius 2 is 1.65 bits per heavy atom. The molecular weight excluding hydrogens is 678 g/mol. The summed E-state index contributed by atoms with van der Waals surface area (Å²) in [4.78, 5) is 71.4. The summed E-state index contributed by atoms with van der Waals surface area (Å²) in [6.07, 6.45) is 4.63. The van der Waals surface area contributed by atoms with Crippen LogP contribution in [0.25, 0.3) is 0 Å². The number of fused-ring (bicyclic) bond motifs is 3. The Balaban J connectivity index is 1.24. The fourth-order valence-electron chi connectivity index (χ4n) is 7.57. The van der Waals surface area contributed by atoms with E-state index >= 15 is 0 Å². The van der Waals surface area contributed by atoms with Crippen LogP contribution in [0, 0.1) is 5.92 Å². The molecule has 0 unspecified atom stereocenters. The minimum absolute atomic E-state index is 0.0321. The van der Waals surface area contributed by atoms with Crippen molar-refractivity contribution in [2.75, 3.05) is 13.1 Å². The minimum Gasteiger partial charge on any atom is -0.444 e. The van der Waals surface area contributed by atoms with Crippen molar-refractivity contribution in [3.05, 3.63) is 35.4 Å². The maximum Gasteiger partial charge on any atom is 0.410 e. The maximum absolute atomic E-state index is 14.3. The zero-order valence-electron chi connectivity index (χ0n) is 29.8. The number of ether oxygens (including phenoxy) is 2. The number of hydrogen-bond donors (Lipinski definition) is 3. The van der Waals surface area contributed by atoms with Crippen molar-refractivity contribution < 1.29 is 41.9 Å². The van der Waals surface area contributed by atoms with Crippen LogP contribution in [-0.2, 0) is 46.8 Å². The molecule has 14 nitrogen and oxygen atoms in total. The smallest absolute Gasteiger partial charge is 0.410 e. The van der Waals surface area contributed by atoms with E-state index in [9.17, 15) is 32.4 Å². The number of nitrogens with one attached hydrogen (secondary N) is 3. The number of nitrogens with zero attached hydrogens (tertiary/aromatic N) is 2. The first-order valence-electron chi connectivity index (χ1n) is 18.4. The Hall–Kier alpha value is -3.88. The predicted molar refractivity (Wildman–Crippen MR) is 185 cm³/mol. The molecule has 1 aromatic rings. The van der Waals surface area contributed by atoms with Gasteiger partial charge in [-0.1, -0.05) is 56.4 Å². The molecule has 2 aliphatic carbocycles. The molecule has 2 saturated heterocycles. The Kier molecular flexibility index (Phi) is 10.6. The molecule has 6 rings (SSSR count). The van der Waals surface area contributed by atoms with Gasteiger partial charge in [0, 0.05) is 19.5 Å². The average Bonchev–Trinajstić information content (AvgIpc) is 3.99. The Labute approximate surface area is 299 Å². The molecule has 3 N–H and O–H groups in total. The van der Waals surface area contributed by atoms with Crippen LogP contribution >= 0.6 is 0 Å². The monoisotopic (exact) mass is 729 g/mol. The number of carbonyl (C=O) groups is 5. The Morgan fingerprint density at radius 1 is 0.961 bits per heavy atom. The van der Waals surface area contributed by atoms with E-state index in [1.165, 1.54) is 10.5 Å². The van der Waals surface area contributed by atoms with Gasteiger partial charge in [0.15, 0.2) is 0 Å². The lowest BCUT2D eigenvalue weighted by Gasteiger charge is -2.30. The summed E-state index contributed by atoms with van der Waals surface area (Å²) < 4.78 is 39.2. The molecule has 4 fully saturated rings. The van der Waals surface area contributed by atoms with E-state index < -0.39 is 74.5 Å². The third kappa shape index (κ3) is 8.78. The van der Waals surface area contributed by atoms with E-state index in [1.807, 2.05) is 24.3 Å². The van der Waals surface area contributed by atoms with Gasteiger partial charge in [-0.15, -0.1) is 0 Å². The molecule has 0 bridgehead atoms. The summed E-state index contributed by atoms with van der Waals surface area (Å²) in [5.41, 5.74) is -0.0464. The van der Waals surface area contributed by atoms with Gasteiger partial charge >= 0.3 is 12.2 Å². The van der Waals surface area contributed by atoms with Crippen molar-refractivity contribution in [1.29, 1.82) is 0 Å². The highest BCUT2D eigenvalue weighted by Gasteiger charge is 2.62. The van der Waals surface area contributed by atoms with Crippen LogP contribution < -0.4 is 15.4 Å². The van der Waals surface area contributed by atoms with E-state index in [4.69, 9.17) is 9.47 Å². The summed E-state index contributed by atoms with van der Waals surface area (Å²) in [5, 5.41) is 4.97. The second-order valence-electron chi connectivity index (χ2n) is 15.8. The molecule has 2 saturated carbocycles. The molecule has 0 aromatic heterocycles. The SMILES string of the molecule is CC(C)(C)OC(=O)N[C@H]1CCCCCCC[C@H]2C[C@@]2(C(=O)NS(=O)(=O)C2CC2)NC(=O)[C@@H]2C[C@@H](OC(=O)N3CCc4ccccc4C3)CN2C1=O. The standard InChI is InChI=1S/C36H51N5O9S/c1-35(2,3)50-33(45)37-28-14-8-6-4-5-7-13-25-20-36(25,32(44)39-51(47,48)27-15-16-27)38-30(42)29-19-26(22-41(29)31(28)43)49-34(46)40-18-17-23-11-9-10-12-24(23)21-40/h9-12,25-29H,4-8,13-22H2,1-3H3,(H,37,45)(H,38,42)(H,39,44)/t25-,26+,28-,29-,36+/m0/s1. The molecule has 5 aliphatic rings. The zero-order chi connectivity index (χ0) is 36.6. The molecule has 280 valence electrons. The molecule has 3 heterocycles. The highest BCUT2D eigenvalue weighted by molar-refractivity contribution is 7.91. The number of sulfonamides is 1. The largest absolute Gasteiger partial charge is 0.444 e. The van der Waals surface area contributed by atoms with Gasteiger partial charge in [0.05, 0.1) is 11.8 Å². The number of benzene rings is 1. The maximum atomic E-state index is 14.3. The third-order valence-corrected chi connectivity index (χ3v) is 12.4. The molecular formula is C36H51N5O9S. The Morgan fingerprint density at radius 3 is 2.35 bits per heavy atom. The van der Waals surface area contributed by atoms with Crippen LogP contribution in [-0.4, -0.2) is 95.8 Å². The van der Waals surface area contributed by atoms with Gasteiger partial charge in [0.2, 0.25) is 21.8 Å². The van der Waals surface area contributed by atoms with E-state index in [-0.39, 0.29) is 25.3 Å². The van der Waals surface area contributed by atoms with Gasteiger partial charge in [-0.3, -0.25) is 19.1 Å². The highest BCUT2D eigenvalue weighted by atomic mass is 32.2. The first-order chi connectivity index (χ1) is 24.1. The lowest BCUT2D eigenvalue weighted by Crippen LogP contribution is -2.58. The lowest BCUT2D eigenvalue weighted by atomic mass is 10.0. The van der Waals surface area contributed by atoms with E-state index in [2.05, 4.69) is 15.4 Å². The number of carbonyl (C=O) groups excluding carboxylic acids is 5. The molecule has 3 aliphatic heterocycles. The summed E-state index contributed by atoms with van der Waals surface area (Å²) in [5.74, 6) is -2.18. The van der Waals surface area contributed by atoms with Crippen molar-refractivity contribution in [2.45, 2.75) is 139 Å². The number of alkyl carbamates (subject to hydrolysis) is 1. The molecule has 5 amide bonds. The van der Waals surface area contributed by atoms with Gasteiger partial charge in [-0.05, 0) is 76.3 Å². The second-order valence-corrected chi connectivity index (χ2v) is 17.7. The highest BCUT2D eigenvalue weighted by Crippen LogP contribution is 2.48. The summed E-state index contributed by atoms with van der Waals surface area (Å²) in [7, 11) is -3.87. The summed E-state index contributed by atoms with van der Waals surface area (Å²) >= 11 is 0. The average molecular weight is 730 g/mol. The van der Waals surface area contributed by atoms with Gasteiger partial charge in [0.25, 0.3) is 5.91 Å². The van der Waals surface area contributed by atoms with E-state index in [0.29, 0.717) is 51.6 Å². The number of rotatable bonds is 5. The summed E-state index contributed by atoms with van der Waals surface area (Å²) in [6, 6.07) is 5.72. The number of amides is 5. The van der Waals surface area contributed by atoms with Crippen LogP contribution in [0.1, 0.15) is 103 Å². The van der Waals surface area contributed by atoms with Crippen molar-refractivity contribution in [1.82, 2.24) is 25.2 Å². The fourth-order valence-corrected chi connectivity index (χ4v) is 8.94. The van der Waals surface area contributed by atoms with E-state index in [1.54, 1.807) is 25.7 Å². The van der Waals surface area contributed by atoms with Crippen molar-refractivity contribution in [3.63, 3.8) is 0 Å². The molecule has 1 aromatic carbocycles. The molecule has 51 heavy (non-hydrogen) atoms. The molecule has 15 heteroatoms. The molecule has 0 radical (unpaired) electrons. The van der Waals surface area contributed by atoms with Gasteiger partial charge in [-0.2, -0.15) is 0 Å². The van der Waals surface area contributed by atoms with Crippen LogP contribution in [0.5, 0.6) is 0 Å². The first kappa shape index (κ1) is 36.9.